The van der Waals surface area contributed by atoms with Gasteiger partial charge in [-0.15, -0.1) is 12.4 Å². The lowest BCUT2D eigenvalue weighted by atomic mass is 10.2. The Balaban J connectivity index is 0. The highest BCUT2D eigenvalue weighted by Gasteiger charge is 2.12. The zero-order valence-electron chi connectivity index (χ0n) is 5.13. The Hall–Kier alpha value is -0.310. The summed E-state index contributed by atoms with van der Waals surface area (Å²) in [7, 11) is 0. The van der Waals surface area contributed by atoms with Crippen molar-refractivity contribution in [2.75, 3.05) is 0 Å². The molecule has 0 aromatic carbocycles. The number of alkyl halides is 1. The van der Waals surface area contributed by atoms with Crippen molar-refractivity contribution in [2.45, 2.75) is 25.9 Å². The molecule has 0 saturated carbocycles. The second-order valence-corrected chi connectivity index (χ2v) is 1.59. The highest BCUT2D eigenvalue weighted by atomic mass is 35.5. The van der Waals surface area contributed by atoms with Crippen LogP contribution in [0.15, 0.2) is 0 Å². The van der Waals surface area contributed by atoms with E-state index in [1.807, 2.05) is 0 Å². The van der Waals surface area contributed by atoms with E-state index in [1.54, 1.807) is 6.92 Å². The lowest BCUT2D eigenvalue weighted by Gasteiger charge is -1.96. The molecule has 0 spiro atoms. The van der Waals surface area contributed by atoms with Crippen LogP contribution in [0.3, 0.4) is 0 Å². The fraction of sp³-hybridized carbons (Fsp3) is 0.800. The molecule has 1 N–H and O–H groups in total. The van der Waals surface area contributed by atoms with Gasteiger partial charge >= 0.3 is 5.97 Å². The van der Waals surface area contributed by atoms with Gasteiger partial charge < -0.3 is 5.11 Å². The molecule has 0 aromatic rings. The molecular formula is C5H10ClFO2. The maximum Gasteiger partial charge on any atom is 0.338 e. The number of aliphatic carboxylic acids is 1. The molecule has 56 valence electrons. The Kier molecular flexibility index (Phi) is 7.43. The van der Waals surface area contributed by atoms with Crippen LogP contribution in [-0.4, -0.2) is 17.2 Å². The molecule has 0 saturated heterocycles. The third-order valence-electron chi connectivity index (χ3n) is 0.810. The summed E-state index contributed by atoms with van der Waals surface area (Å²) >= 11 is 0. The summed E-state index contributed by atoms with van der Waals surface area (Å²) in [5.74, 6) is -1.35. The van der Waals surface area contributed by atoms with Gasteiger partial charge in [0.1, 0.15) is 0 Å². The van der Waals surface area contributed by atoms with E-state index in [4.69, 9.17) is 5.11 Å². The van der Waals surface area contributed by atoms with E-state index in [-0.39, 0.29) is 18.8 Å². The fourth-order valence-electron chi connectivity index (χ4n) is 0.377. The maximum absolute atomic E-state index is 11.9. The van der Waals surface area contributed by atoms with Crippen molar-refractivity contribution in [1.82, 2.24) is 0 Å². The second kappa shape index (κ2) is 5.82. The second-order valence-electron chi connectivity index (χ2n) is 1.59. The van der Waals surface area contributed by atoms with E-state index in [1.165, 1.54) is 0 Å². The van der Waals surface area contributed by atoms with Gasteiger partial charge in [-0.1, -0.05) is 13.3 Å². The lowest BCUT2D eigenvalue weighted by molar-refractivity contribution is -0.143. The van der Waals surface area contributed by atoms with E-state index in [0.29, 0.717) is 6.42 Å². The molecule has 4 heteroatoms. The summed E-state index contributed by atoms with van der Waals surface area (Å²) in [6, 6.07) is 0. The third-order valence-corrected chi connectivity index (χ3v) is 0.810. The number of hydrogen-bond acceptors (Lipinski definition) is 1. The van der Waals surface area contributed by atoms with Crippen LogP contribution in [0.5, 0.6) is 0 Å². The van der Waals surface area contributed by atoms with Crippen molar-refractivity contribution in [2.24, 2.45) is 0 Å². The first-order chi connectivity index (χ1) is 3.68. The van der Waals surface area contributed by atoms with Gasteiger partial charge in [-0.25, -0.2) is 9.18 Å². The van der Waals surface area contributed by atoms with Gasteiger partial charge in [-0.2, -0.15) is 0 Å². The van der Waals surface area contributed by atoms with Crippen molar-refractivity contribution in [3.63, 3.8) is 0 Å². The zero-order chi connectivity index (χ0) is 6.57. The van der Waals surface area contributed by atoms with Gasteiger partial charge in [0, 0.05) is 0 Å². The number of carboxylic acids is 1. The summed E-state index contributed by atoms with van der Waals surface area (Å²) in [4.78, 5) is 9.71. The Bertz CT molecular complexity index is 87.0. The van der Waals surface area contributed by atoms with E-state index in [2.05, 4.69) is 0 Å². The van der Waals surface area contributed by atoms with Crippen LogP contribution >= 0.6 is 12.4 Å². The molecule has 0 aliphatic carbocycles. The van der Waals surface area contributed by atoms with Crippen LogP contribution in [0, 0.1) is 0 Å². The van der Waals surface area contributed by atoms with E-state index < -0.39 is 12.1 Å². The predicted molar refractivity (Wildman–Crippen MR) is 34.7 cm³/mol. The predicted octanol–water partition coefficient (Wildman–Crippen LogP) is 1.63. The minimum atomic E-state index is -1.67. The average molecular weight is 157 g/mol. The number of halogens is 2. The third kappa shape index (κ3) is 5.56. The topological polar surface area (TPSA) is 37.3 Å². The highest BCUT2D eigenvalue weighted by Crippen LogP contribution is 1.99. The van der Waals surface area contributed by atoms with Crippen molar-refractivity contribution >= 4 is 18.4 Å². The first-order valence-corrected chi connectivity index (χ1v) is 2.55. The SMILES string of the molecule is CCCC(F)C(=O)O.Cl. The lowest BCUT2D eigenvalue weighted by Crippen LogP contribution is -2.13. The molecule has 0 aliphatic rings. The van der Waals surface area contributed by atoms with Crippen molar-refractivity contribution < 1.29 is 14.3 Å². The molecule has 0 radical (unpaired) electrons. The van der Waals surface area contributed by atoms with Gasteiger partial charge in [0.05, 0.1) is 0 Å². The Morgan fingerprint density at radius 3 is 2.33 bits per heavy atom. The highest BCUT2D eigenvalue weighted by molar-refractivity contribution is 5.85. The molecule has 1 atom stereocenters. The number of hydrogen-bond donors (Lipinski definition) is 1. The van der Waals surface area contributed by atoms with Crippen LogP contribution in [0.1, 0.15) is 19.8 Å². The minimum Gasteiger partial charge on any atom is -0.479 e. The minimum absolute atomic E-state index is 0. The largest absolute Gasteiger partial charge is 0.479 e. The van der Waals surface area contributed by atoms with Gasteiger partial charge in [0.25, 0.3) is 0 Å². The first kappa shape index (κ1) is 11.5. The molecule has 0 heterocycles. The van der Waals surface area contributed by atoms with Crippen LogP contribution in [0.4, 0.5) is 4.39 Å². The molecule has 9 heavy (non-hydrogen) atoms. The van der Waals surface area contributed by atoms with Crippen molar-refractivity contribution in [3.8, 4) is 0 Å². The van der Waals surface area contributed by atoms with Gasteiger partial charge in [0.2, 0.25) is 0 Å². The summed E-state index contributed by atoms with van der Waals surface area (Å²) < 4.78 is 11.9. The molecule has 0 bridgehead atoms. The summed E-state index contributed by atoms with van der Waals surface area (Å²) in [5.41, 5.74) is 0. The molecule has 0 fully saturated rings. The quantitative estimate of drug-likeness (QED) is 0.675. The normalized spacial score (nSPS) is 11.8. The van der Waals surface area contributed by atoms with E-state index in [9.17, 15) is 9.18 Å². The smallest absolute Gasteiger partial charge is 0.338 e. The maximum atomic E-state index is 11.9. The van der Waals surface area contributed by atoms with Crippen LogP contribution in [0.2, 0.25) is 0 Å². The zero-order valence-corrected chi connectivity index (χ0v) is 5.95. The molecule has 0 aromatic heterocycles. The van der Waals surface area contributed by atoms with Crippen LogP contribution in [-0.2, 0) is 4.79 Å². The van der Waals surface area contributed by atoms with Crippen molar-refractivity contribution in [3.05, 3.63) is 0 Å². The molecule has 2 nitrogen and oxygen atoms in total. The van der Waals surface area contributed by atoms with E-state index >= 15 is 0 Å². The molecule has 0 amide bonds. The van der Waals surface area contributed by atoms with Gasteiger partial charge in [-0.3, -0.25) is 0 Å². The molecule has 1 unspecified atom stereocenters. The Morgan fingerprint density at radius 1 is 1.78 bits per heavy atom. The molecule has 0 aliphatic heterocycles. The molecule has 0 rings (SSSR count). The Labute approximate surface area is 59.5 Å². The number of rotatable bonds is 3. The van der Waals surface area contributed by atoms with Crippen LogP contribution < -0.4 is 0 Å². The first-order valence-electron chi connectivity index (χ1n) is 2.55. The summed E-state index contributed by atoms with van der Waals surface area (Å²) in [6.07, 6.45) is -0.969. The number of carbonyl (C=O) groups is 1. The van der Waals surface area contributed by atoms with Crippen LogP contribution in [0.25, 0.3) is 0 Å². The van der Waals surface area contributed by atoms with Gasteiger partial charge in [0.15, 0.2) is 6.17 Å². The average Bonchev–Trinajstić information content (AvgIpc) is 1.67. The van der Waals surface area contributed by atoms with Crippen molar-refractivity contribution in [1.29, 1.82) is 0 Å². The standard InChI is InChI=1S/C5H9FO2.ClH/c1-2-3-4(6)5(7)8;/h4H,2-3H2,1H3,(H,7,8);1H. The summed E-state index contributed by atoms with van der Waals surface area (Å²) in [6.45, 7) is 1.75. The van der Waals surface area contributed by atoms with Gasteiger partial charge in [-0.05, 0) is 6.42 Å². The number of carboxylic acid groups (broad SMARTS) is 1. The van der Waals surface area contributed by atoms with E-state index in [0.717, 1.165) is 0 Å². The Morgan fingerprint density at radius 2 is 2.22 bits per heavy atom. The molecular weight excluding hydrogens is 147 g/mol. The summed E-state index contributed by atoms with van der Waals surface area (Å²) in [5, 5.41) is 7.94. The monoisotopic (exact) mass is 156 g/mol. The fourth-order valence-corrected chi connectivity index (χ4v) is 0.377.